The van der Waals surface area contributed by atoms with Crippen molar-refractivity contribution < 1.29 is 31.2 Å². The number of sulfonamides is 1. The topological polar surface area (TPSA) is 86.8 Å². The summed E-state index contributed by atoms with van der Waals surface area (Å²) in [4.78, 5) is 27.8. The summed E-state index contributed by atoms with van der Waals surface area (Å²) < 4.78 is 65.5. The Bertz CT molecular complexity index is 1180. The number of benzene rings is 2. The summed E-state index contributed by atoms with van der Waals surface area (Å²) in [6.45, 7) is 0.959. The largest absolute Gasteiger partial charge is 0.416 e. The van der Waals surface area contributed by atoms with Crippen LogP contribution < -0.4 is 9.62 Å². The highest BCUT2D eigenvalue weighted by atomic mass is 32.2. The van der Waals surface area contributed by atoms with E-state index in [1.165, 1.54) is 11.0 Å². The number of carbonyl (C=O) groups is 2. The fraction of sp³-hybridized carbons (Fsp3) is 0.462. The van der Waals surface area contributed by atoms with Crippen molar-refractivity contribution in [2.24, 2.45) is 0 Å². The maximum atomic E-state index is 13.5. The summed E-state index contributed by atoms with van der Waals surface area (Å²) in [7, 11) is -4.12. The second-order valence-corrected chi connectivity index (χ2v) is 11.2. The van der Waals surface area contributed by atoms with E-state index in [2.05, 4.69) is 5.32 Å². The first-order valence-corrected chi connectivity index (χ1v) is 14.0. The zero-order valence-electron chi connectivity index (χ0n) is 20.9. The molecule has 0 heterocycles. The predicted octanol–water partition coefficient (Wildman–Crippen LogP) is 3.99. The van der Waals surface area contributed by atoms with Crippen LogP contribution >= 0.6 is 0 Å². The number of alkyl halides is 3. The molecule has 0 bridgehead atoms. The lowest BCUT2D eigenvalue weighted by Gasteiger charge is -2.32. The van der Waals surface area contributed by atoms with Crippen molar-refractivity contribution in [3.05, 3.63) is 65.7 Å². The van der Waals surface area contributed by atoms with E-state index >= 15 is 0 Å². The van der Waals surface area contributed by atoms with Crippen LogP contribution in [-0.2, 0) is 32.2 Å². The van der Waals surface area contributed by atoms with Crippen LogP contribution in [0, 0.1) is 0 Å². The number of carbonyl (C=O) groups excluding carboxylic acids is 2. The first kappa shape index (κ1) is 28.5. The van der Waals surface area contributed by atoms with Crippen LogP contribution in [0.25, 0.3) is 0 Å². The molecule has 2 aromatic rings. The molecule has 7 nitrogen and oxygen atoms in total. The standard InChI is InChI=1S/C26H32F3N3O4S/c1-19(25(34)30-22-12-6-7-13-22)31(16-15-20-9-4-3-5-10-20)24(33)18-32(37(2,35)36)23-14-8-11-21(17-23)26(27,28)29/h3-5,8-11,14,17,19,22H,6-7,12-13,15-16,18H2,1-2H3,(H,30,34)/t19-/m0/s1. The highest BCUT2D eigenvalue weighted by molar-refractivity contribution is 7.92. The van der Waals surface area contributed by atoms with Gasteiger partial charge in [0.15, 0.2) is 0 Å². The Morgan fingerprint density at radius 3 is 2.30 bits per heavy atom. The molecule has 1 aliphatic carbocycles. The lowest BCUT2D eigenvalue weighted by molar-refractivity contribution is -0.139. The second-order valence-electron chi connectivity index (χ2n) is 9.31. The molecule has 1 N–H and O–H groups in total. The van der Waals surface area contributed by atoms with Crippen LogP contribution in [0.3, 0.4) is 0 Å². The van der Waals surface area contributed by atoms with E-state index in [1.54, 1.807) is 6.92 Å². The van der Waals surface area contributed by atoms with E-state index in [0.717, 1.165) is 49.6 Å². The minimum Gasteiger partial charge on any atom is -0.352 e. The summed E-state index contributed by atoms with van der Waals surface area (Å²) in [5.74, 6) is -1.04. The van der Waals surface area contributed by atoms with Crippen LogP contribution in [0.15, 0.2) is 54.6 Å². The van der Waals surface area contributed by atoms with E-state index < -0.39 is 40.3 Å². The number of amides is 2. The SMILES string of the molecule is C[C@@H](C(=O)NC1CCCC1)N(CCc1ccccc1)C(=O)CN(c1cccc(C(F)(F)F)c1)S(C)(=O)=O. The Morgan fingerprint density at radius 2 is 1.70 bits per heavy atom. The Kier molecular flexibility index (Phi) is 9.22. The molecule has 0 radical (unpaired) electrons. The summed E-state index contributed by atoms with van der Waals surface area (Å²) in [5, 5.41) is 2.96. The number of nitrogens with zero attached hydrogens (tertiary/aromatic N) is 2. The van der Waals surface area contributed by atoms with Crippen molar-refractivity contribution in [3.63, 3.8) is 0 Å². The molecule has 11 heteroatoms. The lowest BCUT2D eigenvalue weighted by atomic mass is 10.1. The van der Waals surface area contributed by atoms with Gasteiger partial charge in [0, 0.05) is 12.6 Å². The minimum absolute atomic E-state index is 0.0265. The van der Waals surface area contributed by atoms with Crippen molar-refractivity contribution in [1.29, 1.82) is 0 Å². The quantitative estimate of drug-likeness (QED) is 0.495. The van der Waals surface area contributed by atoms with E-state index in [9.17, 15) is 31.2 Å². The average molecular weight is 540 g/mol. The summed E-state index contributed by atoms with van der Waals surface area (Å²) in [5.41, 5.74) is -0.394. The molecule has 2 aromatic carbocycles. The number of anilines is 1. The molecular weight excluding hydrogens is 507 g/mol. The number of halogens is 3. The molecule has 0 spiro atoms. The van der Waals surface area contributed by atoms with Crippen LogP contribution in [0.5, 0.6) is 0 Å². The highest BCUT2D eigenvalue weighted by Gasteiger charge is 2.34. The van der Waals surface area contributed by atoms with Crippen molar-refractivity contribution in [2.75, 3.05) is 23.7 Å². The predicted molar refractivity (Wildman–Crippen MR) is 135 cm³/mol. The fourth-order valence-corrected chi connectivity index (χ4v) is 5.25. The van der Waals surface area contributed by atoms with Crippen molar-refractivity contribution in [3.8, 4) is 0 Å². The molecular formula is C26H32F3N3O4S. The third-order valence-electron chi connectivity index (χ3n) is 6.49. The Hall–Kier alpha value is -3.08. The molecule has 0 saturated heterocycles. The minimum atomic E-state index is -4.68. The van der Waals surface area contributed by atoms with Gasteiger partial charge in [-0.3, -0.25) is 13.9 Å². The molecule has 37 heavy (non-hydrogen) atoms. The van der Waals surface area contributed by atoms with Gasteiger partial charge in [-0.05, 0) is 49.9 Å². The summed E-state index contributed by atoms with van der Waals surface area (Å²) in [6.07, 6.45) is 0.285. The molecule has 1 aliphatic rings. The van der Waals surface area contributed by atoms with Gasteiger partial charge in [-0.1, -0.05) is 49.2 Å². The monoisotopic (exact) mass is 539 g/mol. The third kappa shape index (κ3) is 7.95. The molecule has 1 fully saturated rings. The summed E-state index contributed by atoms with van der Waals surface area (Å²) >= 11 is 0. The number of hydrogen-bond acceptors (Lipinski definition) is 4. The van der Waals surface area contributed by atoms with Crippen LogP contribution in [0.4, 0.5) is 18.9 Å². The zero-order valence-corrected chi connectivity index (χ0v) is 21.7. The Labute approximate surface area is 215 Å². The Morgan fingerprint density at radius 1 is 1.05 bits per heavy atom. The number of nitrogens with one attached hydrogen (secondary N) is 1. The van der Waals surface area contributed by atoms with E-state index in [0.29, 0.717) is 16.8 Å². The molecule has 2 amide bonds. The first-order chi connectivity index (χ1) is 17.4. The van der Waals surface area contributed by atoms with E-state index in [1.807, 2.05) is 30.3 Å². The van der Waals surface area contributed by atoms with Gasteiger partial charge in [0.25, 0.3) is 0 Å². The van der Waals surface area contributed by atoms with Gasteiger partial charge in [-0.2, -0.15) is 13.2 Å². The summed E-state index contributed by atoms with van der Waals surface area (Å²) in [6, 6.07) is 12.2. The number of rotatable bonds is 10. The van der Waals surface area contributed by atoms with Crippen LogP contribution in [0.2, 0.25) is 0 Å². The van der Waals surface area contributed by atoms with Crippen LogP contribution in [0.1, 0.15) is 43.7 Å². The van der Waals surface area contributed by atoms with Gasteiger partial charge in [0.05, 0.1) is 17.5 Å². The van der Waals surface area contributed by atoms with Crippen molar-refractivity contribution in [1.82, 2.24) is 10.2 Å². The van der Waals surface area contributed by atoms with E-state index in [4.69, 9.17) is 0 Å². The maximum Gasteiger partial charge on any atom is 0.416 e. The molecule has 0 unspecified atom stereocenters. The van der Waals surface area contributed by atoms with Gasteiger partial charge >= 0.3 is 6.18 Å². The Balaban J connectivity index is 1.86. The fourth-order valence-electron chi connectivity index (χ4n) is 4.41. The van der Waals surface area contributed by atoms with Crippen LogP contribution in [-0.4, -0.2) is 56.6 Å². The lowest BCUT2D eigenvalue weighted by Crippen LogP contribution is -2.53. The van der Waals surface area contributed by atoms with Gasteiger partial charge in [0.1, 0.15) is 12.6 Å². The van der Waals surface area contributed by atoms with Crippen molar-refractivity contribution in [2.45, 2.75) is 57.3 Å². The molecule has 1 atom stereocenters. The third-order valence-corrected chi connectivity index (χ3v) is 7.63. The van der Waals surface area contributed by atoms with E-state index in [-0.39, 0.29) is 24.2 Å². The number of hydrogen-bond donors (Lipinski definition) is 1. The molecule has 1 saturated carbocycles. The first-order valence-electron chi connectivity index (χ1n) is 12.1. The normalized spacial score (nSPS) is 15.3. The molecule has 0 aromatic heterocycles. The molecule has 3 rings (SSSR count). The zero-order chi connectivity index (χ0) is 27.2. The smallest absolute Gasteiger partial charge is 0.352 e. The molecule has 202 valence electrons. The van der Waals surface area contributed by atoms with Gasteiger partial charge in [0.2, 0.25) is 21.8 Å². The maximum absolute atomic E-state index is 13.5. The van der Waals surface area contributed by atoms with Gasteiger partial charge in [-0.25, -0.2) is 8.42 Å². The second kappa shape index (κ2) is 12.0. The van der Waals surface area contributed by atoms with Gasteiger partial charge < -0.3 is 10.2 Å². The average Bonchev–Trinajstić information content (AvgIpc) is 3.35. The van der Waals surface area contributed by atoms with Gasteiger partial charge in [-0.15, -0.1) is 0 Å². The molecule has 0 aliphatic heterocycles. The highest BCUT2D eigenvalue weighted by Crippen LogP contribution is 2.32. The van der Waals surface area contributed by atoms with Crippen molar-refractivity contribution >= 4 is 27.5 Å².